The van der Waals surface area contributed by atoms with Crippen molar-refractivity contribution < 1.29 is 56.2 Å². The Bertz CT molecular complexity index is 1360. The zero-order valence-electron chi connectivity index (χ0n) is 44.6. The number of aliphatic hydroxyl groups is 3. The number of rotatable bonds is 51. The van der Waals surface area contributed by atoms with E-state index in [4.69, 9.17) is 18.9 Å². The average Bonchev–Trinajstić information content (AvgIpc) is 3.34. The van der Waals surface area contributed by atoms with Gasteiger partial charge in [0.15, 0.2) is 6.29 Å². The lowest BCUT2D eigenvalue weighted by atomic mass is 9.99. The molecule has 0 aromatic rings. The van der Waals surface area contributed by atoms with Crippen LogP contribution in [-0.4, -0.2) is 97.5 Å². The molecule has 1 aliphatic heterocycles. The van der Waals surface area contributed by atoms with Crippen molar-refractivity contribution in [2.75, 3.05) is 26.4 Å². The number of unbranched alkanes of at least 4 members (excludes halogenated alkanes) is 32. The van der Waals surface area contributed by atoms with E-state index in [0.717, 1.165) is 51.4 Å². The first-order valence-electron chi connectivity index (χ1n) is 28.7. The molecule has 0 aromatic carbocycles. The highest BCUT2D eigenvalue weighted by atomic mass is 32.3. The Morgan fingerprint density at radius 2 is 0.943 bits per heavy atom. The van der Waals surface area contributed by atoms with Crippen LogP contribution in [0.2, 0.25) is 0 Å². The lowest BCUT2D eigenvalue weighted by Gasteiger charge is -2.41. The van der Waals surface area contributed by atoms with E-state index < -0.39 is 59.8 Å². The van der Waals surface area contributed by atoms with Crippen LogP contribution in [0.4, 0.5) is 0 Å². The predicted octanol–water partition coefficient (Wildman–Crippen LogP) is 14.1. The molecule has 1 saturated heterocycles. The summed E-state index contributed by atoms with van der Waals surface area (Å²) in [7, 11) is -5.07. The van der Waals surface area contributed by atoms with Crippen molar-refractivity contribution in [3.05, 3.63) is 36.5 Å². The van der Waals surface area contributed by atoms with E-state index in [2.05, 4.69) is 54.5 Å². The summed E-state index contributed by atoms with van der Waals surface area (Å²) in [4.78, 5) is 13.0. The summed E-state index contributed by atoms with van der Waals surface area (Å²) < 4.78 is 59.4. The molecule has 1 aliphatic rings. The maximum Gasteiger partial charge on any atom is 0.397 e. The summed E-state index contributed by atoms with van der Waals surface area (Å²) >= 11 is 0. The standard InChI is InChI=1S/C57H106O12S/c1-3-5-7-9-11-13-15-17-19-21-23-24-25-26-27-28-29-30-32-34-36-38-40-42-44-46-53(59)67-51(50-66-57-55(61)56(69-70(62,63)64)54(60)52(48-58)68-57)49-65-47-45-43-41-39-37-35-33-31-22-20-18-16-14-12-10-8-6-4-2/h12,14,18,20-21,23,51-52,54-58,60-61H,3-11,13,15-17,19,22,24-50H2,1-2H3,(H,62,63,64)/b14-12-,20-18-,23-21-. The van der Waals surface area contributed by atoms with Gasteiger partial charge in [-0.1, -0.05) is 217 Å². The van der Waals surface area contributed by atoms with Crippen LogP contribution in [0.25, 0.3) is 0 Å². The molecular weight excluding hydrogens is 909 g/mol. The third-order valence-corrected chi connectivity index (χ3v) is 13.7. The normalized spacial score (nSPS) is 19.3. The van der Waals surface area contributed by atoms with Crippen molar-refractivity contribution in [3.63, 3.8) is 0 Å². The monoisotopic (exact) mass is 1010 g/mol. The molecule has 0 radical (unpaired) electrons. The summed E-state index contributed by atoms with van der Waals surface area (Å²) in [5.41, 5.74) is 0. The van der Waals surface area contributed by atoms with E-state index in [1.807, 2.05) is 0 Å². The molecule has 6 atom stereocenters. The Morgan fingerprint density at radius 1 is 0.543 bits per heavy atom. The highest BCUT2D eigenvalue weighted by molar-refractivity contribution is 7.80. The van der Waals surface area contributed by atoms with Crippen LogP contribution in [0.1, 0.15) is 258 Å². The van der Waals surface area contributed by atoms with Gasteiger partial charge in [0.25, 0.3) is 0 Å². The highest BCUT2D eigenvalue weighted by Gasteiger charge is 2.48. The van der Waals surface area contributed by atoms with E-state index >= 15 is 0 Å². The minimum Gasteiger partial charge on any atom is -0.457 e. The fraction of sp³-hybridized carbons (Fsp3) is 0.877. The number of carbonyl (C=O) groups excluding carboxylic acids is 1. The number of hydrogen-bond acceptors (Lipinski definition) is 11. The first-order chi connectivity index (χ1) is 34.1. The van der Waals surface area contributed by atoms with Gasteiger partial charge in [-0.05, 0) is 70.6 Å². The van der Waals surface area contributed by atoms with Gasteiger partial charge < -0.3 is 34.3 Å². The summed E-state index contributed by atoms with van der Waals surface area (Å²) in [5, 5.41) is 30.8. The molecular formula is C57H106O12S. The first kappa shape index (κ1) is 66.3. The van der Waals surface area contributed by atoms with E-state index in [9.17, 15) is 33.1 Å². The number of hydrogen-bond donors (Lipinski definition) is 4. The lowest BCUT2D eigenvalue weighted by Crippen LogP contribution is -2.60. The van der Waals surface area contributed by atoms with E-state index in [0.29, 0.717) is 13.0 Å². The number of aliphatic hydroxyl groups excluding tert-OH is 3. The van der Waals surface area contributed by atoms with E-state index in [1.54, 1.807) is 0 Å². The molecule has 12 nitrogen and oxygen atoms in total. The molecule has 6 unspecified atom stereocenters. The smallest absolute Gasteiger partial charge is 0.397 e. The molecule has 412 valence electrons. The molecule has 0 amide bonds. The number of allylic oxidation sites excluding steroid dienone is 6. The molecule has 4 N–H and O–H groups in total. The van der Waals surface area contributed by atoms with Crippen molar-refractivity contribution in [1.82, 2.24) is 0 Å². The molecule has 0 aromatic heterocycles. The second-order valence-electron chi connectivity index (χ2n) is 19.9. The van der Waals surface area contributed by atoms with Crippen LogP contribution in [0, 0.1) is 0 Å². The Balaban J connectivity index is 2.29. The summed E-state index contributed by atoms with van der Waals surface area (Å²) in [5.74, 6) is -0.398. The molecule has 0 aliphatic carbocycles. The molecule has 0 bridgehead atoms. The number of esters is 1. The minimum absolute atomic E-state index is 0.0340. The Kier molecular flexibility index (Phi) is 45.7. The van der Waals surface area contributed by atoms with Crippen LogP contribution in [0.15, 0.2) is 36.5 Å². The molecule has 1 fully saturated rings. The number of carbonyl (C=O) groups is 1. The lowest BCUT2D eigenvalue weighted by molar-refractivity contribution is -0.301. The van der Waals surface area contributed by atoms with Gasteiger partial charge in [0.1, 0.15) is 30.5 Å². The fourth-order valence-electron chi connectivity index (χ4n) is 8.88. The summed E-state index contributed by atoms with van der Waals surface area (Å²) in [6.45, 7) is 4.00. The van der Waals surface area contributed by atoms with Gasteiger partial charge in [-0.15, -0.1) is 0 Å². The SMILES string of the molecule is CCCCC/C=C\C/C=C\CCCCCCCCCCOCC(COC1OC(CO)C(O)C(OS(=O)(=O)O)C1O)OC(=O)CCCCCCCCCCCCCCC/C=C\CCCCCCCCCC. The Labute approximate surface area is 428 Å². The van der Waals surface area contributed by atoms with Crippen LogP contribution in [0.3, 0.4) is 0 Å². The predicted molar refractivity (Wildman–Crippen MR) is 285 cm³/mol. The van der Waals surface area contributed by atoms with Crippen LogP contribution < -0.4 is 0 Å². The molecule has 1 heterocycles. The van der Waals surface area contributed by atoms with Crippen LogP contribution in [-0.2, 0) is 38.3 Å². The summed E-state index contributed by atoms with van der Waals surface area (Å²) in [6, 6.07) is 0. The topological polar surface area (TPSA) is 178 Å². The van der Waals surface area contributed by atoms with Gasteiger partial charge in [-0.2, -0.15) is 8.42 Å². The van der Waals surface area contributed by atoms with E-state index in [-0.39, 0.29) is 19.6 Å². The van der Waals surface area contributed by atoms with Gasteiger partial charge in [0.05, 0.1) is 19.8 Å². The Morgan fingerprint density at radius 3 is 1.40 bits per heavy atom. The fourth-order valence-corrected chi connectivity index (χ4v) is 9.39. The van der Waals surface area contributed by atoms with Gasteiger partial charge in [-0.3, -0.25) is 9.35 Å². The quantitative estimate of drug-likeness (QED) is 0.0196. The minimum atomic E-state index is -5.07. The molecule has 70 heavy (non-hydrogen) atoms. The van der Waals surface area contributed by atoms with Gasteiger partial charge >= 0.3 is 16.4 Å². The van der Waals surface area contributed by atoms with Crippen molar-refractivity contribution in [2.24, 2.45) is 0 Å². The summed E-state index contributed by atoms with van der Waals surface area (Å²) in [6.07, 6.45) is 50.4. The molecule has 0 spiro atoms. The van der Waals surface area contributed by atoms with Gasteiger partial charge in [0, 0.05) is 13.0 Å². The molecule has 13 heteroatoms. The van der Waals surface area contributed by atoms with Crippen LogP contribution in [0.5, 0.6) is 0 Å². The number of ether oxygens (including phenoxy) is 4. The Hall–Kier alpha value is -1.68. The molecule has 1 rings (SSSR count). The maximum absolute atomic E-state index is 13.0. The van der Waals surface area contributed by atoms with Gasteiger partial charge in [-0.25, -0.2) is 4.18 Å². The zero-order chi connectivity index (χ0) is 51.0. The zero-order valence-corrected chi connectivity index (χ0v) is 45.4. The first-order valence-corrected chi connectivity index (χ1v) is 30.1. The second kappa shape index (κ2) is 48.3. The van der Waals surface area contributed by atoms with Gasteiger partial charge in [0.2, 0.25) is 0 Å². The maximum atomic E-state index is 13.0. The molecule has 0 saturated carbocycles. The van der Waals surface area contributed by atoms with Crippen molar-refractivity contribution in [1.29, 1.82) is 0 Å². The van der Waals surface area contributed by atoms with Crippen molar-refractivity contribution in [3.8, 4) is 0 Å². The van der Waals surface area contributed by atoms with E-state index in [1.165, 1.54) is 180 Å². The largest absolute Gasteiger partial charge is 0.457 e. The van der Waals surface area contributed by atoms with Crippen LogP contribution >= 0.6 is 0 Å². The third kappa shape index (κ3) is 40.8. The van der Waals surface area contributed by atoms with Crippen molar-refractivity contribution >= 4 is 16.4 Å². The highest BCUT2D eigenvalue weighted by Crippen LogP contribution is 2.26. The third-order valence-electron chi connectivity index (χ3n) is 13.2. The average molecular weight is 1020 g/mol. The van der Waals surface area contributed by atoms with Crippen molar-refractivity contribution in [2.45, 2.75) is 295 Å². The second-order valence-corrected chi connectivity index (χ2v) is 20.9.